The third-order valence-electron chi connectivity index (χ3n) is 3.57. The molecule has 0 bridgehead atoms. The van der Waals surface area contributed by atoms with Crippen LogP contribution in [-0.4, -0.2) is 22.7 Å². The highest BCUT2D eigenvalue weighted by Gasteiger charge is 2.20. The lowest BCUT2D eigenvalue weighted by atomic mass is 9.95. The monoisotopic (exact) mass is 285 g/mol. The highest BCUT2D eigenvalue weighted by Crippen LogP contribution is 2.27. The molecule has 100 valence electrons. The van der Waals surface area contributed by atoms with Crippen molar-refractivity contribution in [2.45, 2.75) is 43.5 Å². The van der Waals surface area contributed by atoms with Gasteiger partial charge in [0.15, 0.2) is 0 Å². The lowest BCUT2D eigenvalue weighted by Crippen LogP contribution is -2.34. The van der Waals surface area contributed by atoms with Crippen molar-refractivity contribution in [2.24, 2.45) is 0 Å². The van der Waals surface area contributed by atoms with E-state index in [4.69, 9.17) is 11.6 Å². The number of benzene rings is 1. The Kier molecular flexibility index (Phi) is 5.22. The number of phenols is 1. The van der Waals surface area contributed by atoms with Gasteiger partial charge in [0.25, 0.3) is 0 Å². The van der Waals surface area contributed by atoms with Crippen LogP contribution >= 0.6 is 23.4 Å². The fraction of sp³-hybridized carbons (Fsp3) is 0.571. The third-order valence-corrected chi connectivity index (χ3v) is 4.96. The first kappa shape index (κ1) is 14.0. The third kappa shape index (κ3) is 3.81. The molecule has 18 heavy (non-hydrogen) atoms. The van der Waals surface area contributed by atoms with Crippen molar-refractivity contribution in [1.82, 2.24) is 5.32 Å². The van der Waals surface area contributed by atoms with Gasteiger partial charge in [0.2, 0.25) is 0 Å². The lowest BCUT2D eigenvalue weighted by molar-refractivity contribution is 0.380. The minimum atomic E-state index is 0.153. The molecule has 2 nitrogen and oxygen atoms in total. The molecule has 1 aliphatic rings. The van der Waals surface area contributed by atoms with Gasteiger partial charge in [-0.05, 0) is 43.2 Å². The van der Waals surface area contributed by atoms with E-state index in [2.05, 4.69) is 11.6 Å². The first-order valence-electron chi connectivity index (χ1n) is 6.42. The number of rotatable bonds is 4. The number of aromatic hydroxyl groups is 1. The Morgan fingerprint density at radius 3 is 3.00 bits per heavy atom. The van der Waals surface area contributed by atoms with Crippen LogP contribution < -0.4 is 5.32 Å². The molecule has 1 fully saturated rings. The van der Waals surface area contributed by atoms with Crippen molar-refractivity contribution >= 4 is 23.4 Å². The van der Waals surface area contributed by atoms with E-state index in [-0.39, 0.29) is 5.75 Å². The maximum atomic E-state index is 9.37. The van der Waals surface area contributed by atoms with E-state index >= 15 is 0 Å². The summed E-state index contributed by atoms with van der Waals surface area (Å²) in [6.07, 6.45) is 7.40. The van der Waals surface area contributed by atoms with E-state index in [1.807, 2.05) is 23.9 Å². The number of thioether (sulfide) groups is 1. The minimum absolute atomic E-state index is 0.153. The van der Waals surface area contributed by atoms with Crippen molar-refractivity contribution in [3.63, 3.8) is 0 Å². The van der Waals surface area contributed by atoms with E-state index < -0.39 is 0 Å². The molecular weight excluding hydrogens is 266 g/mol. The maximum Gasteiger partial charge on any atom is 0.134 e. The van der Waals surface area contributed by atoms with Crippen LogP contribution in [0.4, 0.5) is 0 Å². The summed E-state index contributed by atoms with van der Waals surface area (Å²) in [6.45, 7) is 0.825. The average Bonchev–Trinajstić information content (AvgIpc) is 2.40. The van der Waals surface area contributed by atoms with Crippen LogP contribution in [-0.2, 0) is 6.54 Å². The largest absolute Gasteiger partial charge is 0.506 e. The normalized spacial score (nSPS) is 24.1. The van der Waals surface area contributed by atoms with Crippen LogP contribution in [0, 0.1) is 0 Å². The summed E-state index contributed by atoms with van der Waals surface area (Å²) in [5.41, 5.74) is 1.13. The molecule has 2 unspecified atom stereocenters. The Morgan fingerprint density at radius 1 is 1.44 bits per heavy atom. The molecule has 1 aromatic carbocycles. The highest BCUT2D eigenvalue weighted by atomic mass is 35.5. The van der Waals surface area contributed by atoms with Crippen molar-refractivity contribution in [2.75, 3.05) is 6.26 Å². The molecule has 2 atom stereocenters. The standard InChI is InChI=1S/C14H20ClNOS/c1-18-12-4-2-3-11(8-12)16-9-10-5-6-14(17)13(15)7-10/h5-7,11-12,16-17H,2-4,8-9H2,1H3. The van der Waals surface area contributed by atoms with E-state index in [9.17, 15) is 5.11 Å². The number of hydrogen-bond acceptors (Lipinski definition) is 3. The van der Waals surface area contributed by atoms with Gasteiger partial charge in [0, 0.05) is 17.8 Å². The van der Waals surface area contributed by atoms with Crippen LogP contribution in [0.3, 0.4) is 0 Å². The Morgan fingerprint density at radius 2 is 2.28 bits per heavy atom. The molecule has 0 spiro atoms. The SMILES string of the molecule is CSC1CCCC(NCc2ccc(O)c(Cl)c2)C1. The molecule has 0 aliphatic heterocycles. The second-order valence-electron chi connectivity index (χ2n) is 4.89. The van der Waals surface area contributed by atoms with Gasteiger partial charge >= 0.3 is 0 Å². The Hall–Kier alpha value is -0.380. The van der Waals surface area contributed by atoms with Crippen LogP contribution in [0.15, 0.2) is 18.2 Å². The number of halogens is 1. The van der Waals surface area contributed by atoms with Gasteiger partial charge < -0.3 is 10.4 Å². The maximum absolute atomic E-state index is 9.37. The molecule has 0 aromatic heterocycles. The van der Waals surface area contributed by atoms with Gasteiger partial charge in [-0.3, -0.25) is 0 Å². The molecule has 4 heteroatoms. The summed E-state index contributed by atoms with van der Waals surface area (Å²) in [5, 5.41) is 14.2. The van der Waals surface area contributed by atoms with Gasteiger partial charge in [-0.2, -0.15) is 11.8 Å². The van der Waals surface area contributed by atoms with Crippen molar-refractivity contribution in [3.8, 4) is 5.75 Å². The Labute approximate surface area is 118 Å². The van der Waals surface area contributed by atoms with Crippen molar-refractivity contribution < 1.29 is 5.11 Å². The quantitative estimate of drug-likeness (QED) is 0.882. The van der Waals surface area contributed by atoms with Gasteiger partial charge in [-0.1, -0.05) is 24.1 Å². The van der Waals surface area contributed by atoms with Crippen molar-refractivity contribution in [3.05, 3.63) is 28.8 Å². The summed E-state index contributed by atoms with van der Waals surface area (Å²) in [7, 11) is 0. The Bertz CT molecular complexity index is 399. The van der Waals surface area contributed by atoms with E-state index in [1.54, 1.807) is 6.07 Å². The first-order valence-corrected chi connectivity index (χ1v) is 8.09. The zero-order chi connectivity index (χ0) is 13.0. The number of hydrogen-bond donors (Lipinski definition) is 2. The van der Waals surface area contributed by atoms with E-state index in [0.29, 0.717) is 11.1 Å². The molecule has 0 saturated heterocycles. The molecule has 0 heterocycles. The van der Waals surface area contributed by atoms with E-state index in [1.165, 1.54) is 25.7 Å². The zero-order valence-electron chi connectivity index (χ0n) is 10.7. The second kappa shape index (κ2) is 6.69. The summed E-state index contributed by atoms with van der Waals surface area (Å²) in [6, 6.07) is 6.02. The topological polar surface area (TPSA) is 32.3 Å². The van der Waals surface area contributed by atoms with Crippen LogP contribution in [0.5, 0.6) is 5.75 Å². The molecule has 2 rings (SSSR count). The fourth-order valence-electron chi connectivity index (χ4n) is 2.47. The van der Waals surface area contributed by atoms with Gasteiger partial charge in [0.05, 0.1) is 5.02 Å². The predicted octanol–water partition coefficient (Wildman–Crippen LogP) is 3.81. The Balaban J connectivity index is 1.85. The lowest BCUT2D eigenvalue weighted by Gasteiger charge is -2.28. The molecule has 1 saturated carbocycles. The number of nitrogens with one attached hydrogen (secondary N) is 1. The van der Waals surface area contributed by atoms with Crippen LogP contribution in [0.2, 0.25) is 5.02 Å². The summed E-state index contributed by atoms with van der Waals surface area (Å²) >= 11 is 7.88. The molecular formula is C14H20ClNOS. The predicted molar refractivity (Wildman–Crippen MR) is 79.5 cm³/mol. The van der Waals surface area contributed by atoms with Crippen LogP contribution in [0.1, 0.15) is 31.2 Å². The highest BCUT2D eigenvalue weighted by molar-refractivity contribution is 7.99. The zero-order valence-corrected chi connectivity index (χ0v) is 12.2. The van der Waals surface area contributed by atoms with Crippen LogP contribution in [0.25, 0.3) is 0 Å². The molecule has 2 N–H and O–H groups in total. The van der Waals surface area contributed by atoms with Gasteiger partial charge in [-0.15, -0.1) is 0 Å². The molecule has 1 aliphatic carbocycles. The average molecular weight is 286 g/mol. The van der Waals surface area contributed by atoms with Gasteiger partial charge in [0.1, 0.15) is 5.75 Å². The minimum Gasteiger partial charge on any atom is -0.506 e. The molecule has 0 amide bonds. The number of phenolic OH excluding ortho intramolecular Hbond substituents is 1. The first-order chi connectivity index (χ1) is 8.69. The fourth-order valence-corrected chi connectivity index (χ4v) is 3.50. The van der Waals surface area contributed by atoms with Crippen molar-refractivity contribution in [1.29, 1.82) is 0 Å². The summed E-state index contributed by atoms with van der Waals surface area (Å²) in [4.78, 5) is 0. The summed E-state index contributed by atoms with van der Waals surface area (Å²) in [5.74, 6) is 0.153. The molecule has 1 aromatic rings. The van der Waals surface area contributed by atoms with Gasteiger partial charge in [-0.25, -0.2) is 0 Å². The molecule has 0 radical (unpaired) electrons. The smallest absolute Gasteiger partial charge is 0.134 e. The van der Waals surface area contributed by atoms with E-state index in [0.717, 1.165) is 17.4 Å². The summed E-state index contributed by atoms with van der Waals surface area (Å²) < 4.78 is 0. The second-order valence-corrected chi connectivity index (χ2v) is 6.43.